The highest BCUT2D eigenvalue weighted by atomic mass is 16.5. The zero-order valence-electron chi connectivity index (χ0n) is 11.2. The Bertz CT molecular complexity index is 647. The predicted molar refractivity (Wildman–Crippen MR) is 77.0 cm³/mol. The van der Waals surface area contributed by atoms with Crippen LogP contribution in [0.15, 0.2) is 54.6 Å². The Morgan fingerprint density at radius 3 is 2.60 bits per heavy atom. The predicted octanol–water partition coefficient (Wildman–Crippen LogP) is 3.54. The summed E-state index contributed by atoms with van der Waals surface area (Å²) >= 11 is 0. The molecular formula is C18H16O2. The minimum absolute atomic E-state index is 0.0649. The van der Waals surface area contributed by atoms with Gasteiger partial charge in [-0.25, -0.2) is 0 Å². The van der Waals surface area contributed by atoms with E-state index in [9.17, 15) is 4.79 Å². The lowest BCUT2D eigenvalue weighted by molar-refractivity contribution is -0.122. The Hall–Kier alpha value is -2.09. The molecule has 2 aromatic carbocycles. The van der Waals surface area contributed by atoms with E-state index in [4.69, 9.17) is 4.74 Å². The smallest absolute Gasteiger partial charge is 0.147 e. The van der Waals surface area contributed by atoms with Crippen molar-refractivity contribution in [3.63, 3.8) is 0 Å². The van der Waals surface area contributed by atoms with Crippen LogP contribution in [-0.4, -0.2) is 12.4 Å². The molecule has 100 valence electrons. The van der Waals surface area contributed by atoms with Crippen LogP contribution in [0.3, 0.4) is 0 Å². The number of benzene rings is 2. The molecule has 0 amide bonds. The highest BCUT2D eigenvalue weighted by Gasteiger charge is 2.47. The van der Waals surface area contributed by atoms with Gasteiger partial charge in [-0.3, -0.25) is 4.79 Å². The number of hydrogen-bond donors (Lipinski definition) is 0. The van der Waals surface area contributed by atoms with Crippen LogP contribution in [0.4, 0.5) is 0 Å². The van der Waals surface area contributed by atoms with E-state index < -0.39 is 0 Å². The molecule has 0 radical (unpaired) electrons. The summed E-state index contributed by atoms with van der Waals surface area (Å²) in [5.74, 6) is 1.75. The van der Waals surface area contributed by atoms with Crippen LogP contribution in [0.25, 0.3) is 0 Å². The van der Waals surface area contributed by atoms with E-state index in [-0.39, 0.29) is 11.8 Å². The van der Waals surface area contributed by atoms with Gasteiger partial charge in [0.25, 0.3) is 0 Å². The van der Waals surface area contributed by atoms with Crippen LogP contribution >= 0.6 is 0 Å². The summed E-state index contributed by atoms with van der Waals surface area (Å²) in [7, 11) is 0. The minimum atomic E-state index is -0.0649. The molecule has 2 nitrogen and oxygen atoms in total. The number of rotatable bonds is 3. The summed E-state index contributed by atoms with van der Waals surface area (Å²) in [4.78, 5) is 12.7. The third-order valence-electron chi connectivity index (χ3n) is 4.43. The Morgan fingerprint density at radius 1 is 1.00 bits per heavy atom. The van der Waals surface area contributed by atoms with Gasteiger partial charge in [-0.05, 0) is 24.0 Å². The fourth-order valence-electron chi connectivity index (χ4n) is 3.23. The molecule has 0 aromatic heterocycles. The summed E-state index contributed by atoms with van der Waals surface area (Å²) < 4.78 is 5.63. The average molecular weight is 264 g/mol. The van der Waals surface area contributed by atoms with E-state index in [1.807, 2.05) is 42.5 Å². The third kappa shape index (κ3) is 1.83. The zero-order valence-corrected chi connectivity index (χ0v) is 11.2. The molecule has 2 aliphatic rings. The quantitative estimate of drug-likeness (QED) is 0.847. The average Bonchev–Trinajstić information content (AvgIpc) is 3.20. The second-order valence-corrected chi connectivity index (χ2v) is 5.66. The molecule has 1 saturated carbocycles. The van der Waals surface area contributed by atoms with Crippen LogP contribution in [-0.2, 0) is 4.79 Å². The lowest BCUT2D eigenvalue weighted by Crippen LogP contribution is -2.16. The van der Waals surface area contributed by atoms with E-state index in [1.54, 1.807) is 0 Å². The molecule has 2 aromatic rings. The number of hydrogen-bond acceptors (Lipinski definition) is 2. The number of Topliss-reactive ketones (excluding diaryl/α,β-unsaturated/α-hetero) is 1. The number of ether oxygens (including phenoxy) is 1. The van der Waals surface area contributed by atoms with Crippen molar-refractivity contribution in [1.29, 1.82) is 0 Å². The maximum absolute atomic E-state index is 12.7. The Labute approximate surface area is 118 Å². The Balaban J connectivity index is 1.53. The number of para-hydroxylation sites is 1. The fraction of sp³-hybridized carbons (Fsp3) is 0.278. The molecule has 3 atom stereocenters. The van der Waals surface area contributed by atoms with Gasteiger partial charge in [0.1, 0.15) is 18.1 Å². The van der Waals surface area contributed by atoms with Crippen molar-refractivity contribution in [2.75, 3.05) is 6.61 Å². The lowest BCUT2D eigenvalue weighted by atomic mass is 9.92. The summed E-state index contributed by atoms with van der Waals surface area (Å²) in [6.45, 7) is 0.510. The first-order valence-corrected chi connectivity index (χ1v) is 7.15. The van der Waals surface area contributed by atoms with E-state index in [0.717, 1.165) is 17.7 Å². The van der Waals surface area contributed by atoms with Gasteiger partial charge >= 0.3 is 0 Å². The van der Waals surface area contributed by atoms with Gasteiger partial charge in [0.2, 0.25) is 0 Å². The van der Waals surface area contributed by atoms with Crippen LogP contribution in [0, 0.1) is 5.92 Å². The first-order valence-electron chi connectivity index (χ1n) is 7.15. The van der Waals surface area contributed by atoms with Gasteiger partial charge in [-0.2, -0.15) is 0 Å². The highest BCUT2D eigenvalue weighted by molar-refractivity contribution is 5.92. The Kier molecular flexibility index (Phi) is 2.62. The molecule has 1 aliphatic carbocycles. The molecule has 2 heteroatoms. The van der Waals surface area contributed by atoms with Gasteiger partial charge in [0.15, 0.2) is 0 Å². The zero-order chi connectivity index (χ0) is 13.5. The molecular weight excluding hydrogens is 248 g/mol. The number of fused-ring (bicyclic) bond motifs is 1. The maximum Gasteiger partial charge on any atom is 0.147 e. The van der Waals surface area contributed by atoms with Crippen molar-refractivity contribution >= 4 is 5.78 Å². The summed E-state index contributed by atoms with van der Waals surface area (Å²) in [5.41, 5.74) is 2.36. The first-order chi connectivity index (χ1) is 9.84. The second-order valence-electron chi connectivity index (χ2n) is 5.66. The first kappa shape index (κ1) is 11.7. The second kappa shape index (κ2) is 4.48. The molecule has 20 heavy (non-hydrogen) atoms. The van der Waals surface area contributed by atoms with Crippen LogP contribution in [0.1, 0.15) is 29.4 Å². The summed E-state index contributed by atoms with van der Waals surface area (Å²) in [6, 6.07) is 18.3. The Morgan fingerprint density at radius 2 is 1.75 bits per heavy atom. The largest absolute Gasteiger partial charge is 0.492 e. The molecule has 1 heterocycles. The van der Waals surface area contributed by atoms with Gasteiger partial charge in [-0.1, -0.05) is 48.5 Å². The monoisotopic (exact) mass is 264 g/mol. The molecule has 0 N–H and O–H groups in total. The molecule has 0 saturated heterocycles. The third-order valence-corrected chi connectivity index (χ3v) is 4.43. The topological polar surface area (TPSA) is 26.3 Å². The maximum atomic E-state index is 12.7. The molecule has 3 unspecified atom stereocenters. The van der Waals surface area contributed by atoms with Crippen molar-refractivity contribution in [3.8, 4) is 5.75 Å². The molecule has 0 spiro atoms. The van der Waals surface area contributed by atoms with E-state index >= 15 is 0 Å². The van der Waals surface area contributed by atoms with Crippen LogP contribution < -0.4 is 4.74 Å². The number of carbonyl (C=O) groups excluding carboxylic acids is 1. The molecule has 1 aliphatic heterocycles. The normalized spacial score (nSPS) is 26.7. The van der Waals surface area contributed by atoms with E-state index in [1.165, 1.54) is 5.56 Å². The van der Waals surface area contributed by atoms with Crippen LogP contribution in [0.5, 0.6) is 5.75 Å². The van der Waals surface area contributed by atoms with Crippen molar-refractivity contribution in [2.45, 2.75) is 18.3 Å². The van der Waals surface area contributed by atoms with Gasteiger partial charge in [-0.15, -0.1) is 0 Å². The number of carbonyl (C=O) groups is 1. The van der Waals surface area contributed by atoms with E-state index in [2.05, 4.69) is 12.1 Å². The fourth-order valence-corrected chi connectivity index (χ4v) is 3.23. The number of ketones is 1. The van der Waals surface area contributed by atoms with Crippen molar-refractivity contribution in [3.05, 3.63) is 65.7 Å². The van der Waals surface area contributed by atoms with Crippen molar-refractivity contribution < 1.29 is 9.53 Å². The minimum Gasteiger partial charge on any atom is -0.492 e. The summed E-state index contributed by atoms with van der Waals surface area (Å²) in [5, 5.41) is 0. The lowest BCUT2D eigenvalue weighted by Gasteiger charge is -2.07. The van der Waals surface area contributed by atoms with E-state index in [0.29, 0.717) is 18.3 Å². The molecule has 1 fully saturated rings. The van der Waals surface area contributed by atoms with Gasteiger partial charge in [0.05, 0.1) is 5.92 Å². The van der Waals surface area contributed by atoms with Gasteiger partial charge < -0.3 is 4.74 Å². The molecule has 0 bridgehead atoms. The SMILES string of the molecule is O=C(C1COc2ccccc21)C1CC1c1ccccc1. The van der Waals surface area contributed by atoms with Crippen LogP contribution in [0.2, 0.25) is 0 Å². The summed E-state index contributed by atoms with van der Waals surface area (Å²) in [6.07, 6.45) is 0.988. The van der Waals surface area contributed by atoms with Gasteiger partial charge in [0, 0.05) is 11.5 Å². The van der Waals surface area contributed by atoms with Crippen molar-refractivity contribution in [1.82, 2.24) is 0 Å². The molecule has 4 rings (SSSR count). The standard InChI is InChI=1S/C18H16O2/c19-18(15-10-14(15)12-6-2-1-3-7-12)16-11-20-17-9-5-4-8-13(16)17/h1-9,14-16H,10-11H2. The van der Waals surface area contributed by atoms with Crippen molar-refractivity contribution in [2.24, 2.45) is 5.92 Å². The highest BCUT2D eigenvalue weighted by Crippen LogP contribution is 2.51.